The lowest BCUT2D eigenvalue weighted by atomic mass is 10.1. The Morgan fingerprint density at radius 1 is 1.30 bits per heavy atom. The fraction of sp³-hybridized carbons (Fsp3) is 0.312. The van der Waals surface area contributed by atoms with Crippen LogP contribution in [-0.4, -0.2) is 33.2 Å². The second-order valence-corrected chi connectivity index (χ2v) is 5.20. The number of rotatable bonds is 7. The molecule has 0 fully saturated rings. The van der Waals surface area contributed by atoms with Crippen molar-refractivity contribution in [2.45, 2.75) is 19.4 Å². The topological polar surface area (TPSA) is 64.3 Å². The predicted molar refractivity (Wildman–Crippen MR) is 84.7 cm³/mol. The third-order valence-corrected chi connectivity index (χ3v) is 3.43. The molecule has 0 saturated carbocycles. The highest BCUT2D eigenvalue weighted by atomic mass is 19.1. The number of fused-ring (bicyclic) bond motifs is 1. The van der Waals surface area contributed by atoms with Crippen LogP contribution in [0.4, 0.5) is 10.2 Å². The van der Waals surface area contributed by atoms with Crippen molar-refractivity contribution in [1.29, 1.82) is 0 Å². The maximum Gasteiger partial charge on any atom is 0.254 e. The fourth-order valence-electron chi connectivity index (χ4n) is 2.41. The average molecular weight is 315 g/mol. The van der Waals surface area contributed by atoms with Crippen LogP contribution in [0.1, 0.15) is 17.7 Å². The molecule has 0 aliphatic heterocycles. The molecular formula is C16H18FN5O. The SMILES string of the molecule is COCc1cc(NCCCc2cccc(F)c2)n2ncnc2n1. The van der Waals surface area contributed by atoms with Gasteiger partial charge in [0.25, 0.3) is 5.78 Å². The van der Waals surface area contributed by atoms with E-state index >= 15 is 0 Å². The van der Waals surface area contributed by atoms with Crippen LogP contribution in [0, 0.1) is 5.82 Å². The van der Waals surface area contributed by atoms with E-state index in [0.717, 1.165) is 36.5 Å². The first-order valence-corrected chi connectivity index (χ1v) is 7.43. The van der Waals surface area contributed by atoms with Crippen LogP contribution in [0.15, 0.2) is 36.7 Å². The van der Waals surface area contributed by atoms with Gasteiger partial charge in [0, 0.05) is 19.7 Å². The Hall–Kier alpha value is -2.54. The number of hydrogen-bond acceptors (Lipinski definition) is 5. The van der Waals surface area contributed by atoms with Crippen molar-refractivity contribution >= 4 is 11.6 Å². The second kappa shape index (κ2) is 7.15. The third kappa shape index (κ3) is 3.81. The van der Waals surface area contributed by atoms with Gasteiger partial charge < -0.3 is 10.1 Å². The second-order valence-electron chi connectivity index (χ2n) is 5.20. The molecule has 0 aliphatic rings. The van der Waals surface area contributed by atoms with E-state index < -0.39 is 0 Å². The number of benzene rings is 1. The van der Waals surface area contributed by atoms with Gasteiger partial charge in [0.15, 0.2) is 0 Å². The summed E-state index contributed by atoms with van der Waals surface area (Å²) >= 11 is 0. The first kappa shape index (κ1) is 15.4. The number of ether oxygens (including phenoxy) is 1. The van der Waals surface area contributed by atoms with Crippen LogP contribution in [-0.2, 0) is 17.8 Å². The van der Waals surface area contributed by atoms with Crippen LogP contribution >= 0.6 is 0 Å². The van der Waals surface area contributed by atoms with Gasteiger partial charge in [-0.05, 0) is 30.5 Å². The molecule has 0 atom stereocenters. The Labute approximate surface area is 133 Å². The summed E-state index contributed by atoms with van der Waals surface area (Å²) in [5, 5.41) is 7.49. The smallest absolute Gasteiger partial charge is 0.254 e. The molecule has 2 aromatic heterocycles. The molecule has 0 radical (unpaired) electrons. The summed E-state index contributed by atoms with van der Waals surface area (Å²) in [6.45, 7) is 1.16. The Balaban J connectivity index is 1.63. The molecule has 0 amide bonds. The molecule has 0 saturated heterocycles. The Morgan fingerprint density at radius 2 is 2.22 bits per heavy atom. The van der Waals surface area contributed by atoms with Gasteiger partial charge in [-0.3, -0.25) is 0 Å². The van der Waals surface area contributed by atoms with Gasteiger partial charge in [-0.15, -0.1) is 0 Å². The summed E-state index contributed by atoms with van der Waals surface area (Å²) < 4.78 is 19.9. The van der Waals surface area contributed by atoms with Crippen LogP contribution < -0.4 is 5.32 Å². The summed E-state index contributed by atoms with van der Waals surface area (Å²) in [6.07, 6.45) is 3.15. The lowest BCUT2D eigenvalue weighted by Crippen LogP contribution is -2.10. The zero-order chi connectivity index (χ0) is 16.1. The molecule has 2 heterocycles. The van der Waals surface area contributed by atoms with Crippen molar-refractivity contribution in [2.75, 3.05) is 19.0 Å². The molecule has 7 heteroatoms. The molecule has 0 aliphatic carbocycles. The van der Waals surface area contributed by atoms with Gasteiger partial charge in [-0.1, -0.05) is 12.1 Å². The highest BCUT2D eigenvalue weighted by Gasteiger charge is 2.07. The van der Waals surface area contributed by atoms with Gasteiger partial charge in [0.1, 0.15) is 18.0 Å². The van der Waals surface area contributed by atoms with Gasteiger partial charge in [0.05, 0.1) is 12.3 Å². The van der Waals surface area contributed by atoms with E-state index in [1.165, 1.54) is 12.4 Å². The largest absolute Gasteiger partial charge is 0.378 e. The summed E-state index contributed by atoms with van der Waals surface area (Å²) in [6, 6.07) is 8.59. The normalized spacial score (nSPS) is 11.0. The highest BCUT2D eigenvalue weighted by Crippen LogP contribution is 2.12. The number of aromatic nitrogens is 4. The van der Waals surface area contributed by atoms with Crippen molar-refractivity contribution in [1.82, 2.24) is 19.6 Å². The molecule has 0 spiro atoms. The third-order valence-electron chi connectivity index (χ3n) is 3.43. The van der Waals surface area contributed by atoms with Crippen molar-refractivity contribution in [3.63, 3.8) is 0 Å². The van der Waals surface area contributed by atoms with Crippen molar-refractivity contribution < 1.29 is 9.13 Å². The quantitative estimate of drug-likeness (QED) is 0.679. The average Bonchev–Trinajstić information content (AvgIpc) is 3.00. The highest BCUT2D eigenvalue weighted by molar-refractivity contribution is 5.44. The Bertz CT molecular complexity index is 789. The van der Waals surface area contributed by atoms with Crippen LogP contribution in [0.3, 0.4) is 0 Å². The van der Waals surface area contributed by atoms with Crippen LogP contribution in [0.5, 0.6) is 0 Å². The molecule has 3 rings (SSSR count). The monoisotopic (exact) mass is 315 g/mol. The lowest BCUT2D eigenvalue weighted by Gasteiger charge is -2.09. The zero-order valence-corrected chi connectivity index (χ0v) is 12.9. The van der Waals surface area contributed by atoms with E-state index in [1.54, 1.807) is 23.8 Å². The minimum atomic E-state index is -0.196. The predicted octanol–water partition coefficient (Wildman–Crippen LogP) is 2.45. The molecule has 3 aromatic rings. The van der Waals surface area contributed by atoms with E-state index in [2.05, 4.69) is 20.4 Å². The van der Waals surface area contributed by atoms with E-state index in [4.69, 9.17) is 4.74 Å². The number of halogens is 1. The van der Waals surface area contributed by atoms with Crippen LogP contribution in [0.2, 0.25) is 0 Å². The minimum Gasteiger partial charge on any atom is -0.378 e. The first-order chi connectivity index (χ1) is 11.3. The van der Waals surface area contributed by atoms with E-state index in [1.807, 2.05) is 12.1 Å². The Morgan fingerprint density at radius 3 is 3.04 bits per heavy atom. The van der Waals surface area contributed by atoms with Gasteiger partial charge in [-0.2, -0.15) is 14.6 Å². The van der Waals surface area contributed by atoms with Crippen molar-refractivity contribution in [3.8, 4) is 0 Å². The minimum absolute atomic E-state index is 0.196. The molecular weight excluding hydrogens is 297 g/mol. The number of hydrogen-bond donors (Lipinski definition) is 1. The number of methoxy groups -OCH3 is 1. The van der Waals surface area contributed by atoms with E-state index in [-0.39, 0.29) is 5.82 Å². The summed E-state index contributed by atoms with van der Waals surface area (Å²) in [4.78, 5) is 8.47. The van der Waals surface area contributed by atoms with Gasteiger partial charge >= 0.3 is 0 Å². The maximum atomic E-state index is 13.1. The summed E-state index contributed by atoms with van der Waals surface area (Å²) in [5.41, 5.74) is 1.79. The molecule has 1 aromatic carbocycles. The summed E-state index contributed by atoms with van der Waals surface area (Å²) in [7, 11) is 1.63. The molecule has 0 unspecified atom stereocenters. The molecule has 6 nitrogen and oxygen atoms in total. The van der Waals surface area contributed by atoms with E-state index in [9.17, 15) is 4.39 Å². The summed E-state index contributed by atoms with van der Waals surface area (Å²) in [5.74, 6) is 1.16. The standard InChI is InChI=1S/C16H18FN5O/c1-23-10-14-9-15(22-16(21-14)19-11-20-22)18-7-3-5-12-4-2-6-13(17)8-12/h2,4,6,8-9,11,18H,3,5,7,10H2,1H3. The molecule has 1 N–H and O–H groups in total. The lowest BCUT2D eigenvalue weighted by molar-refractivity contribution is 0.181. The van der Waals surface area contributed by atoms with Crippen molar-refractivity contribution in [3.05, 3.63) is 53.7 Å². The maximum absolute atomic E-state index is 13.1. The van der Waals surface area contributed by atoms with Gasteiger partial charge in [-0.25, -0.2) is 9.37 Å². The molecule has 23 heavy (non-hydrogen) atoms. The zero-order valence-electron chi connectivity index (χ0n) is 12.9. The fourth-order valence-corrected chi connectivity index (χ4v) is 2.41. The Kier molecular flexibility index (Phi) is 4.77. The first-order valence-electron chi connectivity index (χ1n) is 7.43. The molecule has 0 bridgehead atoms. The number of nitrogens with zero attached hydrogens (tertiary/aromatic N) is 4. The number of anilines is 1. The number of nitrogens with one attached hydrogen (secondary N) is 1. The van der Waals surface area contributed by atoms with Crippen molar-refractivity contribution in [2.24, 2.45) is 0 Å². The number of aryl methyl sites for hydroxylation is 1. The molecule has 120 valence electrons. The van der Waals surface area contributed by atoms with E-state index in [0.29, 0.717) is 12.4 Å². The van der Waals surface area contributed by atoms with Crippen LogP contribution in [0.25, 0.3) is 5.78 Å². The van der Waals surface area contributed by atoms with Gasteiger partial charge in [0.2, 0.25) is 0 Å².